The fourth-order valence-corrected chi connectivity index (χ4v) is 3.28. The van der Waals surface area contributed by atoms with E-state index in [1.807, 2.05) is 24.3 Å². The van der Waals surface area contributed by atoms with Crippen LogP contribution in [0, 0.1) is 0 Å². The number of hydrogen-bond donors (Lipinski definition) is 1. The Morgan fingerprint density at radius 3 is 2.65 bits per heavy atom. The van der Waals surface area contributed by atoms with Gasteiger partial charge in [-0.05, 0) is 47.4 Å². The van der Waals surface area contributed by atoms with Crippen molar-refractivity contribution in [1.29, 1.82) is 0 Å². The molecule has 26 heavy (non-hydrogen) atoms. The van der Waals surface area contributed by atoms with E-state index in [2.05, 4.69) is 44.5 Å². The zero-order valence-corrected chi connectivity index (χ0v) is 14.4. The van der Waals surface area contributed by atoms with E-state index in [4.69, 9.17) is 0 Å². The van der Waals surface area contributed by atoms with Crippen molar-refractivity contribution < 1.29 is 4.79 Å². The van der Waals surface area contributed by atoms with E-state index in [-0.39, 0.29) is 5.91 Å². The van der Waals surface area contributed by atoms with Crippen LogP contribution in [0.15, 0.2) is 67.1 Å². The predicted molar refractivity (Wildman–Crippen MR) is 101 cm³/mol. The summed E-state index contributed by atoms with van der Waals surface area (Å²) in [5.74, 6) is 0.637. The van der Waals surface area contributed by atoms with Crippen molar-refractivity contribution >= 4 is 11.7 Å². The van der Waals surface area contributed by atoms with Crippen molar-refractivity contribution in [3.63, 3.8) is 0 Å². The van der Waals surface area contributed by atoms with Crippen molar-refractivity contribution in [1.82, 2.24) is 15.3 Å². The van der Waals surface area contributed by atoms with Gasteiger partial charge < -0.3 is 10.2 Å². The van der Waals surface area contributed by atoms with Gasteiger partial charge >= 0.3 is 0 Å². The number of aromatic nitrogens is 2. The highest BCUT2D eigenvalue weighted by Gasteiger charge is 2.21. The topological polar surface area (TPSA) is 58.1 Å². The quantitative estimate of drug-likeness (QED) is 0.790. The van der Waals surface area contributed by atoms with E-state index in [0.717, 1.165) is 30.9 Å². The van der Waals surface area contributed by atoms with Gasteiger partial charge in [-0.1, -0.05) is 24.3 Å². The third-order valence-electron chi connectivity index (χ3n) is 4.66. The molecule has 0 unspecified atom stereocenters. The zero-order valence-electron chi connectivity index (χ0n) is 14.4. The molecule has 0 bridgehead atoms. The van der Waals surface area contributed by atoms with Crippen LogP contribution in [-0.2, 0) is 19.5 Å². The molecule has 0 fully saturated rings. The van der Waals surface area contributed by atoms with Crippen LogP contribution in [0.3, 0.4) is 0 Å². The van der Waals surface area contributed by atoms with Crippen LogP contribution in [-0.4, -0.2) is 22.4 Å². The van der Waals surface area contributed by atoms with E-state index in [1.54, 1.807) is 18.6 Å². The number of carbonyl (C=O) groups is 1. The second-order valence-corrected chi connectivity index (χ2v) is 6.35. The maximum atomic E-state index is 12.7. The lowest BCUT2D eigenvalue weighted by atomic mass is 9.99. The number of carbonyl (C=O) groups excluding carboxylic acids is 1. The average molecular weight is 344 g/mol. The molecule has 130 valence electrons. The third-order valence-corrected chi connectivity index (χ3v) is 4.66. The smallest absolute Gasteiger partial charge is 0.255 e. The summed E-state index contributed by atoms with van der Waals surface area (Å²) < 4.78 is 0. The molecule has 1 amide bonds. The Bertz CT molecular complexity index is 911. The van der Waals surface area contributed by atoms with Gasteiger partial charge in [0.1, 0.15) is 5.82 Å². The molecule has 1 aromatic carbocycles. The predicted octanol–water partition coefficient (Wildman–Crippen LogP) is 2.97. The molecule has 0 atom stereocenters. The van der Waals surface area contributed by atoms with Gasteiger partial charge in [-0.3, -0.25) is 9.78 Å². The molecule has 0 saturated carbocycles. The second kappa shape index (κ2) is 7.35. The molecule has 1 aliphatic rings. The molecule has 3 aromatic rings. The molecule has 2 aromatic heterocycles. The maximum Gasteiger partial charge on any atom is 0.255 e. The van der Waals surface area contributed by atoms with Gasteiger partial charge in [0.25, 0.3) is 5.91 Å². The van der Waals surface area contributed by atoms with Gasteiger partial charge in [0, 0.05) is 38.2 Å². The Kier molecular flexibility index (Phi) is 4.60. The van der Waals surface area contributed by atoms with Gasteiger partial charge in [0.05, 0.1) is 5.56 Å². The lowest BCUT2D eigenvalue weighted by Gasteiger charge is -2.30. The summed E-state index contributed by atoms with van der Waals surface area (Å²) in [4.78, 5) is 23.4. The van der Waals surface area contributed by atoms with Crippen LogP contribution in [0.25, 0.3) is 0 Å². The minimum absolute atomic E-state index is 0.108. The Hall–Kier alpha value is -3.21. The second-order valence-electron chi connectivity index (χ2n) is 6.35. The Morgan fingerprint density at radius 1 is 1.00 bits per heavy atom. The fourth-order valence-electron chi connectivity index (χ4n) is 3.28. The first-order chi connectivity index (χ1) is 12.8. The summed E-state index contributed by atoms with van der Waals surface area (Å²) >= 11 is 0. The van der Waals surface area contributed by atoms with Crippen LogP contribution in [0.1, 0.15) is 27.0 Å². The van der Waals surface area contributed by atoms with E-state index in [1.165, 1.54) is 11.1 Å². The first-order valence-electron chi connectivity index (χ1n) is 8.75. The molecule has 1 aliphatic heterocycles. The van der Waals surface area contributed by atoms with E-state index in [9.17, 15) is 4.79 Å². The number of fused-ring (bicyclic) bond motifs is 1. The van der Waals surface area contributed by atoms with E-state index in [0.29, 0.717) is 12.1 Å². The van der Waals surface area contributed by atoms with Gasteiger partial charge in [-0.2, -0.15) is 0 Å². The number of nitrogens with zero attached hydrogens (tertiary/aromatic N) is 3. The van der Waals surface area contributed by atoms with Gasteiger partial charge in [-0.15, -0.1) is 0 Å². The van der Waals surface area contributed by atoms with Crippen molar-refractivity contribution in [2.24, 2.45) is 0 Å². The highest BCUT2D eigenvalue weighted by Crippen LogP contribution is 2.25. The minimum atomic E-state index is -0.108. The largest absolute Gasteiger partial charge is 0.351 e. The molecular weight excluding hydrogens is 324 g/mol. The zero-order chi connectivity index (χ0) is 17.8. The highest BCUT2D eigenvalue weighted by atomic mass is 16.1. The lowest BCUT2D eigenvalue weighted by Crippen LogP contribution is -2.33. The van der Waals surface area contributed by atoms with Crippen LogP contribution in [0.4, 0.5) is 5.82 Å². The summed E-state index contributed by atoms with van der Waals surface area (Å²) in [5.41, 5.74) is 4.31. The lowest BCUT2D eigenvalue weighted by molar-refractivity contribution is 0.0951. The number of amides is 1. The van der Waals surface area contributed by atoms with Crippen molar-refractivity contribution in [2.45, 2.75) is 19.5 Å². The van der Waals surface area contributed by atoms with E-state index >= 15 is 0 Å². The number of hydrogen-bond acceptors (Lipinski definition) is 4. The maximum absolute atomic E-state index is 12.7. The van der Waals surface area contributed by atoms with Crippen molar-refractivity contribution in [3.8, 4) is 0 Å². The molecule has 5 nitrogen and oxygen atoms in total. The first-order valence-corrected chi connectivity index (χ1v) is 8.75. The summed E-state index contributed by atoms with van der Waals surface area (Å²) in [6.45, 7) is 2.11. The molecule has 4 rings (SSSR count). The fraction of sp³-hybridized carbons (Fsp3) is 0.190. The van der Waals surface area contributed by atoms with Gasteiger partial charge in [0.2, 0.25) is 0 Å². The summed E-state index contributed by atoms with van der Waals surface area (Å²) in [6.07, 6.45) is 6.16. The Labute approximate surface area is 152 Å². The normalized spacial score (nSPS) is 13.2. The standard InChI is InChI=1S/C21H20N4O/c26-21(24-14-16-7-11-22-12-8-16)19-6-3-10-23-20(19)25-13-9-17-4-1-2-5-18(17)15-25/h1-8,10-12H,9,13-15H2,(H,24,26). The third kappa shape index (κ3) is 3.42. The number of rotatable bonds is 4. The van der Waals surface area contributed by atoms with Crippen molar-refractivity contribution in [2.75, 3.05) is 11.4 Å². The Morgan fingerprint density at radius 2 is 1.81 bits per heavy atom. The van der Waals surface area contributed by atoms with Crippen LogP contribution in [0.5, 0.6) is 0 Å². The number of anilines is 1. The number of pyridine rings is 2. The van der Waals surface area contributed by atoms with Gasteiger partial charge in [0.15, 0.2) is 0 Å². The SMILES string of the molecule is O=C(NCc1ccncc1)c1cccnc1N1CCc2ccccc2C1. The molecule has 0 radical (unpaired) electrons. The molecule has 1 N–H and O–H groups in total. The highest BCUT2D eigenvalue weighted by molar-refractivity contribution is 5.98. The summed E-state index contributed by atoms with van der Waals surface area (Å²) in [6, 6.07) is 15.9. The monoisotopic (exact) mass is 344 g/mol. The molecule has 0 aliphatic carbocycles. The molecule has 0 spiro atoms. The van der Waals surface area contributed by atoms with E-state index < -0.39 is 0 Å². The number of nitrogens with one attached hydrogen (secondary N) is 1. The van der Waals surface area contributed by atoms with Gasteiger partial charge in [-0.25, -0.2) is 4.98 Å². The molecule has 3 heterocycles. The van der Waals surface area contributed by atoms with Crippen LogP contribution < -0.4 is 10.2 Å². The number of benzene rings is 1. The molecular formula is C21H20N4O. The van der Waals surface area contributed by atoms with Crippen LogP contribution in [0.2, 0.25) is 0 Å². The van der Waals surface area contributed by atoms with Crippen LogP contribution >= 0.6 is 0 Å². The van der Waals surface area contributed by atoms with Crippen molar-refractivity contribution in [3.05, 3.63) is 89.4 Å². The summed E-state index contributed by atoms with van der Waals surface area (Å²) in [7, 11) is 0. The minimum Gasteiger partial charge on any atom is -0.351 e. The summed E-state index contributed by atoms with van der Waals surface area (Å²) in [5, 5.41) is 2.98. The molecule has 0 saturated heterocycles. The molecule has 5 heteroatoms. The average Bonchev–Trinajstić information content (AvgIpc) is 2.72. The Balaban J connectivity index is 1.53. The first kappa shape index (κ1) is 16.3.